The summed E-state index contributed by atoms with van der Waals surface area (Å²) in [7, 11) is 0. The van der Waals surface area contributed by atoms with Crippen LogP contribution in [0, 0.1) is 0 Å². The molecule has 4 nitrogen and oxygen atoms in total. The van der Waals surface area contributed by atoms with Gasteiger partial charge in [0.15, 0.2) is 11.2 Å². The van der Waals surface area contributed by atoms with E-state index in [4.69, 9.17) is 8.83 Å². The zero-order chi connectivity index (χ0) is 61.1. The lowest BCUT2D eigenvalue weighted by atomic mass is 9.66. The average molecular weight is 1190 g/mol. The quantitative estimate of drug-likeness (QED) is 0.137. The van der Waals surface area contributed by atoms with Gasteiger partial charge >= 0.3 is 0 Å². The first-order valence-electron chi connectivity index (χ1n) is 32.0. The van der Waals surface area contributed by atoms with E-state index in [0.717, 1.165) is 116 Å². The minimum Gasteiger partial charge on any atom is -0.453 e. The number of hydrogen-bond donors (Lipinski definition) is 0. The average Bonchev–Trinajstić information content (AvgIpc) is 1.54. The Labute approximate surface area is 537 Å². The van der Waals surface area contributed by atoms with Crippen molar-refractivity contribution in [2.24, 2.45) is 0 Å². The van der Waals surface area contributed by atoms with Crippen molar-refractivity contribution in [3.05, 3.63) is 362 Å². The molecule has 0 aliphatic heterocycles. The predicted molar refractivity (Wildman–Crippen MR) is 389 cm³/mol. The van der Waals surface area contributed by atoms with Crippen LogP contribution in [0.25, 0.3) is 120 Å². The molecule has 0 atom stereocenters. The van der Waals surface area contributed by atoms with E-state index in [9.17, 15) is 0 Å². The molecule has 0 unspecified atom stereocenters. The van der Waals surface area contributed by atoms with E-state index in [2.05, 4.69) is 350 Å². The highest BCUT2D eigenvalue weighted by molar-refractivity contribution is 6.26. The van der Waals surface area contributed by atoms with E-state index in [1.807, 2.05) is 0 Å². The molecule has 16 aromatic carbocycles. The van der Waals surface area contributed by atoms with Crippen LogP contribution in [0.15, 0.2) is 349 Å². The SMILES string of the molecule is c1ccc(-c2cc3ccccc3c3c2oc2c(N(c4ccccc4)c4ccc5cc6c(cc5c4)C(c4ccccc4)(c4ccccc4)c4c-6ccc5cc(N(c6ccccc6)c6cccc7c6oc6c(-c8ccccc8)cc8ccccc8c67)ccc45)cccc23)cc1. The van der Waals surface area contributed by atoms with Crippen LogP contribution in [0.3, 0.4) is 0 Å². The van der Waals surface area contributed by atoms with Crippen molar-refractivity contribution >= 4 is 121 Å². The van der Waals surface area contributed by atoms with Crippen LogP contribution < -0.4 is 9.80 Å². The molecule has 93 heavy (non-hydrogen) atoms. The van der Waals surface area contributed by atoms with Gasteiger partial charge in [-0.1, -0.05) is 255 Å². The largest absolute Gasteiger partial charge is 0.453 e. The third-order valence-electron chi connectivity index (χ3n) is 19.6. The summed E-state index contributed by atoms with van der Waals surface area (Å²) < 4.78 is 14.6. The lowest BCUT2D eigenvalue weighted by molar-refractivity contribution is 0.670. The molecule has 2 heterocycles. The van der Waals surface area contributed by atoms with Crippen molar-refractivity contribution in [3.63, 3.8) is 0 Å². The minimum absolute atomic E-state index is 0.713. The Morgan fingerprint density at radius 3 is 1.16 bits per heavy atom. The summed E-state index contributed by atoms with van der Waals surface area (Å²) in [5.41, 5.74) is 20.5. The summed E-state index contributed by atoms with van der Waals surface area (Å²) in [6, 6.07) is 124. The molecule has 1 aliphatic rings. The highest BCUT2D eigenvalue weighted by Gasteiger charge is 2.47. The van der Waals surface area contributed by atoms with Crippen molar-refractivity contribution < 1.29 is 8.83 Å². The van der Waals surface area contributed by atoms with E-state index in [-0.39, 0.29) is 0 Å². The highest BCUT2D eigenvalue weighted by Crippen LogP contribution is 2.60. The zero-order valence-corrected chi connectivity index (χ0v) is 50.5. The first-order valence-corrected chi connectivity index (χ1v) is 32.0. The second-order valence-corrected chi connectivity index (χ2v) is 24.6. The van der Waals surface area contributed by atoms with Crippen molar-refractivity contribution in [2.45, 2.75) is 5.41 Å². The Hall–Kier alpha value is -12.2. The molecule has 0 spiro atoms. The summed E-state index contributed by atoms with van der Waals surface area (Å²) in [6.45, 7) is 0. The van der Waals surface area contributed by atoms with Gasteiger partial charge in [0, 0.05) is 55.4 Å². The van der Waals surface area contributed by atoms with Gasteiger partial charge in [0.05, 0.1) is 16.8 Å². The number of anilines is 6. The van der Waals surface area contributed by atoms with Crippen LogP contribution in [0.1, 0.15) is 22.3 Å². The van der Waals surface area contributed by atoms with Crippen LogP contribution >= 0.6 is 0 Å². The fourth-order valence-corrected chi connectivity index (χ4v) is 15.6. The number of nitrogens with zero attached hydrogens (tertiary/aromatic N) is 2. The first kappa shape index (κ1) is 52.7. The second kappa shape index (κ2) is 20.9. The standard InChI is InChI=1S/C89H56N2O2/c1-7-25-57(26-8-1)76-54-60-29-19-21-39-70(60)82-74-41-23-43-80(85(74)92-87(76)82)90(66-35-15-5-16-36-66)68-47-45-59-53-78-73-49-46-62-51-69(48-50-72(62)84(73)89(64-31-11-3-12-32-64,65-33-13-4-14-34-65)79(78)56-63(59)52-68)91(67-37-17-6-18-38-67)81-44-24-42-75-83-71-40-22-20-30-61(71)55-77(88(83)93-86(75)81)58-27-9-2-10-28-58/h1-56H. The van der Waals surface area contributed by atoms with Crippen LogP contribution in [0.5, 0.6) is 0 Å². The normalized spacial score (nSPS) is 12.6. The molecule has 0 bridgehead atoms. The summed E-state index contributed by atoms with van der Waals surface area (Å²) in [4.78, 5) is 4.75. The molecule has 0 amide bonds. The van der Waals surface area contributed by atoms with Crippen molar-refractivity contribution in [1.29, 1.82) is 0 Å². The van der Waals surface area contributed by atoms with Crippen LogP contribution in [0.4, 0.5) is 34.1 Å². The highest BCUT2D eigenvalue weighted by atomic mass is 16.3. The number of hydrogen-bond acceptors (Lipinski definition) is 4. The van der Waals surface area contributed by atoms with E-state index in [0.29, 0.717) is 0 Å². The Balaban J connectivity index is 0.809. The van der Waals surface area contributed by atoms with E-state index in [1.165, 1.54) is 60.3 Å². The molecular formula is C89H56N2O2. The number of rotatable bonds is 10. The van der Waals surface area contributed by atoms with Gasteiger partial charge in [-0.25, -0.2) is 0 Å². The zero-order valence-electron chi connectivity index (χ0n) is 50.5. The Bertz CT molecular complexity index is 5940. The molecule has 0 N–H and O–H groups in total. The van der Waals surface area contributed by atoms with Gasteiger partial charge in [0.1, 0.15) is 11.2 Å². The number of para-hydroxylation sites is 4. The van der Waals surface area contributed by atoms with E-state index < -0.39 is 5.41 Å². The number of furan rings is 2. The summed E-state index contributed by atoms with van der Waals surface area (Å²) in [5.74, 6) is 0. The van der Waals surface area contributed by atoms with Crippen molar-refractivity contribution in [1.82, 2.24) is 0 Å². The molecular weight excluding hydrogens is 1130 g/mol. The summed E-state index contributed by atoms with van der Waals surface area (Å²) >= 11 is 0. The van der Waals surface area contributed by atoms with Crippen LogP contribution in [-0.2, 0) is 5.41 Å². The fraction of sp³-hybridized carbons (Fsp3) is 0.0112. The monoisotopic (exact) mass is 1180 g/mol. The topological polar surface area (TPSA) is 32.8 Å². The van der Waals surface area contributed by atoms with Gasteiger partial charge in [-0.3, -0.25) is 0 Å². The molecule has 0 fully saturated rings. The third kappa shape index (κ3) is 8.05. The predicted octanol–water partition coefficient (Wildman–Crippen LogP) is 24.7. The van der Waals surface area contributed by atoms with Crippen LogP contribution in [0.2, 0.25) is 0 Å². The van der Waals surface area contributed by atoms with Gasteiger partial charge in [0.25, 0.3) is 0 Å². The Morgan fingerprint density at radius 1 is 0.237 bits per heavy atom. The molecule has 0 saturated heterocycles. The van der Waals surface area contributed by atoms with Gasteiger partial charge in [-0.05, 0) is 173 Å². The molecule has 434 valence electrons. The maximum absolute atomic E-state index is 7.32. The number of benzene rings is 16. The maximum atomic E-state index is 7.32. The number of fused-ring (bicyclic) bond motifs is 16. The third-order valence-corrected chi connectivity index (χ3v) is 19.6. The first-order chi connectivity index (χ1) is 46.1. The molecule has 18 aromatic rings. The Morgan fingerprint density at radius 2 is 0.645 bits per heavy atom. The van der Waals surface area contributed by atoms with Gasteiger partial charge in [0.2, 0.25) is 0 Å². The Kier molecular flexibility index (Phi) is 11.9. The van der Waals surface area contributed by atoms with Crippen LogP contribution in [-0.4, -0.2) is 0 Å². The second-order valence-electron chi connectivity index (χ2n) is 24.6. The minimum atomic E-state index is -0.713. The van der Waals surface area contributed by atoms with E-state index in [1.54, 1.807) is 0 Å². The van der Waals surface area contributed by atoms with Gasteiger partial charge in [-0.2, -0.15) is 0 Å². The van der Waals surface area contributed by atoms with Gasteiger partial charge in [-0.15, -0.1) is 0 Å². The lowest BCUT2D eigenvalue weighted by Crippen LogP contribution is -2.28. The summed E-state index contributed by atoms with van der Waals surface area (Å²) in [5, 5.41) is 13.7. The van der Waals surface area contributed by atoms with Crippen molar-refractivity contribution in [2.75, 3.05) is 9.80 Å². The molecule has 0 saturated carbocycles. The lowest BCUT2D eigenvalue weighted by Gasteiger charge is -2.35. The molecule has 4 heteroatoms. The van der Waals surface area contributed by atoms with E-state index >= 15 is 0 Å². The molecule has 0 radical (unpaired) electrons. The summed E-state index contributed by atoms with van der Waals surface area (Å²) in [6.07, 6.45) is 0. The van der Waals surface area contributed by atoms with Gasteiger partial charge < -0.3 is 18.6 Å². The maximum Gasteiger partial charge on any atom is 0.159 e. The molecule has 2 aromatic heterocycles. The van der Waals surface area contributed by atoms with Crippen molar-refractivity contribution in [3.8, 4) is 33.4 Å². The molecule has 1 aliphatic carbocycles. The fourth-order valence-electron chi connectivity index (χ4n) is 15.6. The molecule has 19 rings (SSSR count). The smallest absolute Gasteiger partial charge is 0.159 e.